The second-order valence-electron chi connectivity index (χ2n) is 4.97. The summed E-state index contributed by atoms with van der Waals surface area (Å²) in [5, 5.41) is 3.38. The molecule has 0 spiro atoms. The van der Waals surface area contributed by atoms with E-state index >= 15 is 0 Å². The molecule has 0 unspecified atom stereocenters. The summed E-state index contributed by atoms with van der Waals surface area (Å²) in [6.45, 7) is 5.92. The number of amides is 1. The number of aryl methyl sites for hydroxylation is 1. The Kier molecular flexibility index (Phi) is 6.31. The van der Waals surface area contributed by atoms with Crippen molar-refractivity contribution in [1.29, 1.82) is 0 Å². The topological polar surface area (TPSA) is 50.2 Å². The summed E-state index contributed by atoms with van der Waals surface area (Å²) in [6, 6.07) is 0. The summed E-state index contributed by atoms with van der Waals surface area (Å²) in [4.78, 5) is 18.2. The van der Waals surface area contributed by atoms with Crippen molar-refractivity contribution >= 4 is 18.3 Å². The average Bonchev–Trinajstić information content (AvgIpc) is 2.83. The molecule has 2 rings (SSSR count). The molecule has 0 aliphatic carbocycles. The lowest BCUT2D eigenvalue weighted by Crippen LogP contribution is -2.40. The molecule has 0 saturated carbocycles. The molecule has 1 aliphatic rings. The van der Waals surface area contributed by atoms with Crippen LogP contribution >= 0.6 is 12.4 Å². The van der Waals surface area contributed by atoms with Crippen LogP contribution in [-0.4, -0.2) is 46.5 Å². The van der Waals surface area contributed by atoms with Crippen LogP contribution in [0, 0.1) is 5.92 Å². The summed E-state index contributed by atoms with van der Waals surface area (Å²) in [7, 11) is 1.88. The lowest BCUT2D eigenvalue weighted by molar-refractivity contribution is 0.0685. The van der Waals surface area contributed by atoms with Gasteiger partial charge in [0.05, 0.1) is 6.33 Å². The van der Waals surface area contributed by atoms with Crippen LogP contribution in [-0.2, 0) is 7.05 Å². The average molecular weight is 287 g/mol. The van der Waals surface area contributed by atoms with Gasteiger partial charge >= 0.3 is 0 Å². The number of piperidine rings is 1. The number of hydrogen-bond donors (Lipinski definition) is 1. The molecule has 0 bridgehead atoms. The Morgan fingerprint density at radius 2 is 2.16 bits per heavy atom. The van der Waals surface area contributed by atoms with E-state index in [1.165, 1.54) is 0 Å². The molecule has 1 amide bonds. The second-order valence-corrected chi connectivity index (χ2v) is 4.97. The maximum absolute atomic E-state index is 12.2. The number of hydrogen-bond acceptors (Lipinski definition) is 3. The highest BCUT2D eigenvalue weighted by atomic mass is 35.5. The summed E-state index contributed by atoms with van der Waals surface area (Å²) in [5.74, 6) is 0.773. The van der Waals surface area contributed by atoms with Crippen LogP contribution in [0.1, 0.15) is 30.3 Å². The van der Waals surface area contributed by atoms with Crippen LogP contribution in [0.3, 0.4) is 0 Å². The van der Waals surface area contributed by atoms with E-state index in [-0.39, 0.29) is 18.3 Å². The molecular weight excluding hydrogens is 264 g/mol. The van der Waals surface area contributed by atoms with E-state index < -0.39 is 0 Å². The van der Waals surface area contributed by atoms with Crippen molar-refractivity contribution in [1.82, 2.24) is 19.8 Å². The Labute approximate surface area is 120 Å². The third-order valence-corrected chi connectivity index (χ3v) is 3.51. The molecule has 6 heteroatoms. The molecule has 1 aromatic heterocycles. The van der Waals surface area contributed by atoms with Gasteiger partial charge in [0, 0.05) is 26.3 Å². The summed E-state index contributed by atoms with van der Waals surface area (Å²) in [5.41, 5.74) is 0.558. The minimum atomic E-state index is 0. The molecule has 1 N–H and O–H groups in total. The fraction of sp³-hybridized carbons (Fsp3) is 0.692. The van der Waals surface area contributed by atoms with Crippen molar-refractivity contribution in [3.05, 3.63) is 18.2 Å². The molecular formula is C13H23ClN4O. The van der Waals surface area contributed by atoms with Gasteiger partial charge in [0.1, 0.15) is 5.69 Å². The summed E-state index contributed by atoms with van der Waals surface area (Å²) < 4.78 is 1.81. The fourth-order valence-electron chi connectivity index (χ4n) is 2.37. The molecule has 0 atom stereocenters. The zero-order valence-corrected chi connectivity index (χ0v) is 12.4. The number of aromatic nitrogens is 2. The SMILES string of the molecule is CCNCC1CCN(C(=O)c2cn(C)cn2)CC1.Cl. The van der Waals surface area contributed by atoms with Gasteiger partial charge in [-0.05, 0) is 31.8 Å². The van der Waals surface area contributed by atoms with E-state index in [0.717, 1.165) is 39.0 Å². The van der Waals surface area contributed by atoms with Gasteiger partial charge in [-0.1, -0.05) is 6.92 Å². The van der Waals surface area contributed by atoms with Crippen molar-refractivity contribution in [3.8, 4) is 0 Å². The molecule has 1 aliphatic heterocycles. The molecule has 0 aromatic carbocycles. The third kappa shape index (κ3) is 4.21. The van der Waals surface area contributed by atoms with Crippen molar-refractivity contribution < 1.29 is 4.79 Å². The Bertz CT molecular complexity index is 399. The Morgan fingerprint density at radius 1 is 1.47 bits per heavy atom. The van der Waals surface area contributed by atoms with Gasteiger partial charge in [-0.25, -0.2) is 4.98 Å². The van der Waals surface area contributed by atoms with E-state index in [4.69, 9.17) is 0 Å². The minimum Gasteiger partial charge on any atom is -0.340 e. The van der Waals surface area contributed by atoms with Crippen LogP contribution in [0.4, 0.5) is 0 Å². The maximum Gasteiger partial charge on any atom is 0.274 e. The molecule has 108 valence electrons. The normalized spacial score (nSPS) is 16.2. The largest absolute Gasteiger partial charge is 0.340 e. The number of imidazole rings is 1. The number of nitrogens with one attached hydrogen (secondary N) is 1. The molecule has 1 saturated heterocycles. The first-order valence-corrected chi connectivity index (χ1v) is 6.68. The molecule has 19 heavy (non-hydrogen) atoms. The van der Waals surface area contributed by atoms with Gasteiger partial charge in [-0.3, -0.25) is 4.79 Å². The number of halogens is 1. The summed E-state index contributed by atoms with van der Waals surface area (Å²) in [6.07, 6.45) is 5.63. The van der Waals surface area contributed by atoms with E-state index in [1.54, 1.807) is 12.5 Å². The molecule has 2 heterocycles. The van der Waals surface area contributed by atoms with Gasteiger partial charge < -0.3 is 14.8 Å². The zero-order valence-electron chi connectivity index (χ0n) is 11.6. The standard InChI is InChI=1S/C13H22N4O.ClH/c1-3-14-8-11-4-6-17(7-5-11)13(18)12-9-16(2)10-15-12;/h9-11,14H,3-8H2,1-2H3;1H. The number of rotatable bonds is 4. The van der Waals surface area contributed by atoms with Crippen molar-refractivity contribution in [2.75, 3.05) is 26.2 Å². The van der Waals surface area contributed by atoms with Crippen LogP contribution in [0.15, 0.2) is 12.5 Å². The van der Waals surface area contributed by atoms with E-state index in [1.807, 2.05) is 16.5 Å². The fourth-order valence-corrected chi connectivity index (χ4v) is 2.37. The number of likely N-dealkylation sites (tertiary alicyclic amines) is 1. The van der Waals surface area contributed by atoms with Gasteiger partial charge in [-0.2, -0.15) is 0 Å². The van der Waals surface area contributed by atoms with E-state index in [0.29, 0.717) is 11.6 Å². The lowest BCUT2D eigenvalue weighted by Gasteiger charge is -2.31. The Morgan fingerprint density at radius 3 is 2.68 bits per heavy atom. The van der Waals surface area contributed by atoms with Crippen LogP contribution in [0.25, 0.3) is 0 Å². The monoisotopic (exact) mass is 286 g/mol. The molecule has 5 nitrogen and oxygen atoms in total. The number of nitrogens with zero attached hydrogens (tertiary/aromatic N) is 3. The lowest BCUT2D eigenvalue weighted by atomic mass is 9.96. The second kappa shape index (κ2) is 7.50. The predicted octanol–water partition coefficient (Wildman–Crippen LogP) is 1.30. The quantitative estimate of drug-likeness (QED) is 0.908. The van der Waals surface area contributed by atoms with Crippen LogP contribution in [0.2, 0.25) is 0 Å². The first-order chi connectivity index (χ1) is 8.70. The zero-order chi connectivity index (χ0) is 13.0. The van der Waals surface area contributed by atoms with Gasteiger partial charge in [-0.15, -0.1) is 12.4 Å². The predicted molar refractivity (Wildman–Crippen MR) is 77.6 cm³/mol. The number of carbonyl (C=O) groups excluding carboxylic acids is 1. The molecule has 1 fully saturated rings. The first-order valence-electron chi connectivity index (χ1n) is 6.68. The highest BCUT2D eigenvalue weighted by Gasteiger charge is 2.24. The van der Waals surface area contributed by atoms with Crippen molar-refractivity contribution in [2.24, 2.45) is 13.0 Å². The van der Waals surface area contributed by atoms with Crippen LogP contribution < -0.4 is 5.32 Å². The summed E-state index contributed by atoms with van der Waals surface area (Å²) >= 11 is 0. The highest BCUT2D eigenvalue weighted by molar-refractivity contribution is 5.92. The highest BCUT2D eigenvalue weighted by Crippen LogP contribution is 2.17. The van der Waals surface area contributed by atoms with Gasteiger partial charge in [0.25, 0.3) is 5.91 Å². The molecule has 0 radical (unpaired) electrons. The Hall–Kier alpha value is -1.07. The maximum atomic E-state index is 12.2. The first kappa shape index (κ1) is 16.0. The van der Waals surface area contributed by atoms with Gasteiger partial charge in [0.15, 0.2) is 0 Å². The van der Waals surface area contributed by atoms with E-state index in [9.17, 15) is 4.79 Å². The van der Waals surface area contributed by atoms with Gasteiger partial charge in [0.2, 0.25) is 0 Å². The van der Waals surface area contributed by atoms with E-state index in [2.05, 4.69) is 17.2 Å². The van der Waals surface area contributed by atoms with Crippen LogP contribution in [0.5, 0.6) is 0 Å². The third-order valence-electron chi connectivity index (χ3n) is 3.51. The minimum absolute atomic E-state index is 0. The smallest absolute Gasteiger partial charge is 0.274 e. The van der Waals surface area contributed by atoms with Crippen molar-refractivity contribution in [2.45, 2.75) is 19.8 Å². The van der Waals surface area contributed by atoms with Crippen molar-refractivity contribution in [3.63, 3.8) is 0 Å². The Balaban J connectivity index is 0.00000180. The number of carbonyl (C=O) groups is 1. The molecule has 1 aromatic rings.